The minimum atomic E-state index is -0.769. The van der Waals surface area contributed by atoms with Crippen LogP contribution in [-0.2, 0) is 9.53 Å². The lowest BCUT2D eigenvalue weighted by Gasteiger charge is -2.10. The number of nitrogen functional groups attached to an aromatic ring is 2. The number of anilines is 3. The van der Waals surface area contributed by atoms with Crippen LogP contribution in [0.2, 0.25) is 0 Å². The second-order valence-corrected chi connectivity index (χ2v) is 5.15. The van der Waals surface area contributed by atoms with Gasteiger partial charge >= 0.3 is 5.97 Å². The Morgan fingerprint density at radius 1 is 1.15 bits per heavy atom. The van der Waals surface area contributed by atoms with Crippen molar-refractivity contribution in [3.05, 3.63) is 52.1 Å². The number of carbonyl (C=O) groups excluding carboxylic acids is 2. The van der Waals surface area contributed by atoms with Gasteiger partial charge in [-0.2, -0.15) is 0 Å². The maximum atomic E-state index is 11.9. The Bertz CT molecular complexity index is 848. The van der Waals surface area contributed by atoms with Crippen molar-refractivity contribution in [1.29, 1.82) is 0 Å². The molecule has 0 aliphatic heterocycles. The molecular weight excluding hydrogens is 344 g/mol. The molecule has 0 aliphatic carbocycles. The van der Waals surface area contributed by atoms with Gasteiger partial charge in [0, 0.05) is 17.4 Å². The molecule has 5 N–H and O–H groups in total. The van der Waals surface area contributed by atoms with Crippen LogP contribution in [0.4, 0.5) is 22.7 Å². The number of nitrogens with zero attached hydrogens (tertiary/aromatic N) is 1. The standard InChI is InChI=1S/C16H16N4O6/c1-25-14-7-12(20(23)24)2-3-13(14)19-15(21)8-26-16(22)9-4-10(17)6-11(18)5-9/h2-7H,8,17-18H2,1H3,(H,19,21). The summed E-state index contributed by atoms with van der Waals surface area (Å²) in [5.74, 6) is -1.32. The van der Waals surface area contributed by atoms with Gasteiger partial charge in [-0.3, -0.25) is 14.9 Å². The number of nitro benzene ring substituents is 1. The van der Waals surface area contributed by atoms with E-state index in [4.69, 9.17) is 20.9 Å². The van der Waals surface area contributed by atoms with Crippen LogP contribution in [0.15, 0.2) is 36.4 Å². The Hall–Kier alpha value is -3.82. The Morgan fingerprint density at radius 2 is 1.81 bits per heavy atom. The molecule has 2 rings (SSSR count). The number of methoxy groups -OCH3 is 1. The number of ether oxygens (including phenoxy) is 2. The summed E-state index contributed by atoms with van der Waals surface area (Å²) in [4.78, 5) is 34.0. The first kappa shape index (κ1) is 18.5. The zero-order valence-corrected chi connectivity index (χ0v) is 13.7. The van der Waals surface area contributed by atoms with E-state index in [-0.39, 0.29) is 34.1 Å². The fraction of sp³-hybridized carbons (Fsp3) is 0.125. The molecule has 0 aliphatic rings. The third kappa shape index (κ3) is 4.60. The molecule has 0 saturated heterocycles. The average molecular weight is 360 g/mol. The first-order valence-electron chi connectivity index (χ1n) is 7.25. The van der Waals surface area contributed by atoms with Gasteiger partial charge in [-0.15, -0.1) is 0 Å². The zero-order valence-electron chi connectivity index (χ0n) is 13.7. The molecule has 0 radical (unpaired) electrons. The molecule has 26 heavy (non-hydrogen) atoms. The van der Waals surface area contributed by atoms with E-state index < -0.39 is 23.4 Å². The van der Waals surface area contributed by atoms with Gasteiger partial charge in [-0.25, -0.2) is 4.79 Å². The van der Waals surface area contributed by atoms with E-state index in [1.165, 1.54) is 37.4 Å². The van der Waals surface area contributed by atoms with Gasteiger partial charge in [0.2, 0.25) is 0 Å². The number of hydrogen-bond acceptors (Lipinski definition) is 8. The minimum absolute atomic E-state index is 0.0995. The molecule has 0 spiro atoms. The highest BCUT2D eigenvalue weighted by Gasteiger charge is 2.15. The number of carbonyl (C=O) groups is 2. The van der Waals surface area contributed by atoms with Crippen LogP contribution in [0, 0.1) is 10.1 Å². The first-order valence-corrected chi connectivity index (χ1v) is 7.25. The van der Waals surface area contributed by atoms with Gasteiger partial charge in [-0.05, 0) is 24.3 Å². The average Bonchev–Trinajstić information content (AvgIpc) is 2.58. The van der Waals surface area contributed by atoms with Crippen LogP contribution < -0.4 is 21.5 Å². The number of nitro groups is 1. The molecule has 2 aromatic rings. The lowest BCUT2D eigenvalue weighted by molar-refractivity contribution is -0.384. The second-order valence-electron chi connectivity index (χ2n) is 5.15. The largest absolute Gasteiger partial charge is 0.494 e. The van der Waals surface area contributed by atoms with Crippen molar-refractivity contribution in [3.63, 3.8) is 0 Å². The predicted octanol–water partition coefficient (Wildman–Crippen LogP) is 1.56. The molecule has 0 atom stereocenters. The number of esters is 1. The van der Waals surface area contributed by atoms with Crippen molar-refractivity contribution in [3.8, 4) is 5.75 Å². The molecule has 10 nitrogen and oxygen atoms in total. The maximum absolute atomic E-state index is 11.9. The molecule has 136 valence electrons. The highest BCUT2D eigenvalue weighted by molar-refractivity contribution is 5.97. The molecule has 0 aromatic heterocycles. The van der Waals surface area contributed by atoms with E-state index in [0.29, 0.717) is 0 Å². The van der Waals surface area contributed by atoms with Crippen molar-refractivity contribution in [2.75, 3.05) is 30.5 Å². The monoisotopic (exact) mass is 360 g/mol. The van der Waals surface area contributed by atoms with Gasteiger partial charge in [-0.1, -0.05) is 0 Å². The smallest absolute Gasteiger partial charge is 0.338 e. The van der Waals surface area contributed by atoms with Crippen LogP contribution >= 0.6 is 0 Å². The van der Waals surface area contributed by atoms with E-state index in [0.717, 1.165) is 6.07 Å². The summed E-state index contributed by atoms with van der Waals surface area (Å²) < 4.78 is 9.90. The van der Waals surface area contributed by atoms with Crippen molar-refractivity contribution >= 4 is 34.6 Å². The lowest BCUT2D eigenvalue weighted by atomic mass is 10.2. The minimum Gasteiger partial charge on any atom is -0.494 e. The third-order valence-corrected chi connectivity index (χ3v) is 3.22. The van der Waals surface area contributed by atoms with Crippen molar-refractivity contribution in [1.82, 2.24) is 0 Å². The van der Waals surface area contributed by atoms with E-state index in [1.807, 2.05) is 0 Å². The van der Waals surface area contributed by atoms with E-state index in [2.05, 4.69) is 5.32 Å². The molecule has 10 heteroatoms. The fourth-order valence-electron chi connectivity index (χ4n) is 2.09. The Balaban J connectivity index is 2.00. The zero-order chi connectivity index (χ0) is 19.3. The van der Waals surface area contributed by atoms with Crippen molar-refractivity contribution in [2.45, 2.75) is 0 Å². The molecule has 0 unspecified atom stereocenters. The third-order valence-electron chi connectivity index (χ3n) is 3.22. The summed E-state index contributed by atoms with van der Waals surface area (Å²) >= 11 is 0. The van der Waals surface area contributed by atoms with Gasteiger partial charge in [0.25, 0.3) is 11.6 Å². The molecule has 0 saturated carbocycles. The predicted molar refractivity (Wildman–Crippen MR) is 93.8 cm³/mol. The Morgan fingerprint density at radius 3 is 2.38 bits per heavy atom. The number of nitrogens with two attached hydrogens (primary N) is 2. The number of nitrogens with one attached hydrogen (secondary N) is 1. The normalized spacial score (nSPS) is 10.0. The van der Waals surface area contributed by atoms with Gasteiger partial charge in [0.15, 0.2) is 6.61 Å². The van der Waals surface area contributed by atoms with Gasteiger partial charge in [0.1, 0.15) is 5.75 Å². The molecular formula is C16H16N4O6. The van der Waals surface area contributed by atoms with Crippen LogP contribution in [-0.4, -0.2) is 30.5 Å². The fourth-order valence-corrected chi connectivity index (χ4v) is 2.09. The van der Waals surface area contributed by atoms with Crippen LogP contribution in [0.1, 0.15) is 10.4 Å². The number of rotatable bonds is 6. The Kier molecular flexibility index (Phi) is 5.58. The molecule has 2 aromatic carbocycles. The Labute approximate surface area is 147 Å². The molecule has 1 amide bonds. The highest BCUT2D eigenvalue weighted by atomic mass is 16.6. The summed E-state index contributed by atoms with van der Waals surface area (Å²) in [7, 11) is 1.30. The number of benzene rings is 2. The van der Waals surface area contributed by atoms with Crippen molar-refractivity contribution < 1.29 is 24.0 Å². The van der Waals surface area contributed by atoms with Gasteiger partial charge < -0.3 is 26.3 Å². The summed E-state index contributed by atoms with van der Waals surface area (Å²) in [5.41, 5.74) is 11.9. The summed E-state index contributed by atoms with van der Waals surface area (Å²) in [6.07, 6.45) is 0. The van der Waals surface area contributed by atoms with Crippen molar-refractivity contribution in [2.24, 2.45) is 0 Å². The second kappa shape index (κ2) is 7.83. The SMILES string of the molecule is COc1cc([N+](=O)[O-])ccc1NC(=O)COC(=O)c1cc(N)cc(N)c1. The van der Waals surface area contributed by atoms with E-state index >= 15 is 0 Å². The topological polar surface area (TPSA) is 160 Å². The van der Waals surface area contributed by atoms with Gasteiger partial charge in [0.05, 0.1) is 29.4 Å². The van der Waals surface area contributed by atoms with Crippen LogP contribution in [0.25, 0.3) is 0 Å². The molecule has 0 heterocycles. The first-order chi connectivity index (χ1) is 12.3. The molecule has 0 bridgehead atoms. The molecule has 0 fully saturated rings. The lowest BCUT2D eigenvalue weighted by Crippen LogP contribution is -2.21. The van der Waals surface area contributed by atoms with Crippen LogP contribution in [0.5, 0.6) is 5.75 Å². The van der Waals surface area contributed by atoms with E-state index in [9.17, 15) is 19.7 Å². The summed E-state index contributed by atoms with van der Waals surface area (Å²) in [6, 6.07) is 7.91. The quantitative estimate of drug-likeness (QED) is 0.303. The van der Waals surface area contributed by atoms with E-state index in [1.54, 1.807) is 0 Å². The number of amides is 1. The highest BCUT2D eigenvalue weighted by Crippen LogP contribution is 2.28. The summed E-state index contributed by atoms with van der Waals surface area (Å²) in [6.45, 7) is -0.576. The van der Waals surface area contributed by atoms with Crippen LogP contribution in [0.3, 0.4) is 0 Å². The number of non-ortho nitro benzene ring substituents is 1. The number of hydrogen-bond donors (Lipinski definition) is 3. The maximum Gasteiger partial charge on any atom is 0.338 e. The summed E-state index contributed by atoms with van der Waals surface area (Å²) in [5, 5.41) is 13.2.